The molecule has 0 atom stereocenters. The van der Waals surface area contributed by atoms with Gasteiger partial charge in [-0.15, -0.1) is 0 Å². The van der Waals surface area contributed by atoms with Crippen LogP contribution >= 0.6 is 23.4 Å². The highest BCUT2D eigenvalue weighted by molar-refractivity contribution is 8.04. The van der Waals surface area contributed by atoms with E-state index in [1.807, 2.05) is 13.8 Å². The standard InChI is InChI=1S/C16H11ClF4N2O3S.C2H6/c1-3-8(7-24)27-12-5-11(10(18)4-9(12)17)23-14(25)6-13(16(19,20)21)22(2)15(23)26;1-2/h3-7H,1-2H3;1-2H3. The molecule has 0 radical (unpaired) electrons. The molecule has 0 aliphatic carbocycles. The second kappa shape index (κ2) is 9.93. The van der Waals surface area contributed by atoms with Crippen molar-refractivity contribution in [3.05, 3.63) is 66.6 Å². The molecule has 0 amide bonds. The van der Waals surface area contributed by atoms with Crippen LogP contribution in [0.4, 0.5) is 17.6 Å². The van der Waals surface area contributed by atoms with Gasteiger partial charge in [0.15, 0.2) is 6.29 Å². The molecule has 0 N–H and O–H groups in total. The number of carbonyl (C=O) groups excluding carboxylic acids is 1. The lowest BCUT2D eigenvalue weighted by atomic mass is 10.3. The molecule has 0 aliphatic heterocycles. The van der Waals surface area contributed by atoms with E-state index in [1.165, 1.54) is 6.08 Å². The van der Waals surface area contributed by atoms with E-state index >= 15 is 0 Å². The van der Waals surface area contributed by atoms with Gasteiger partial charge >= 0.3 is 11.9 Å². The summed E-state index contributed by atoms with van der Waals surface area (Å²) in [5.41, 5.74) is -4.78. The number of halogens is 5. The first-order chi connectivity index (χ1) is 13.5. The number of hydrogen-bond acceptors (Lipinski definition) is 4. The Morgan fingerprint density at radius 1 is 1.17 bits per heavy atom. The van der Waals surface area contributed by atoms with Crippen molar-refractivity contribution < 1.29 is 22.4 Å². The molecule has 0 fully saturated rings. The average molecular weight is 453 g/mol. The molecular weight excluding hydrogens is 436 g/mol. The third-order valence-electron chi connectivity index (χ3n) is 3.48. The fourth-order valence-electron chi connectivity index (χ4n) is 2.17. The summed E-state index contributed by atoms with van der Waals surface area (Å²) in [6, 6.07) is 2.03. The molecule has 158 valence electrons. The maximum absolute atomic E-state index is 14.3. The number of benzene rings is 1. The highest BCUT2D eigenvalue weighted by Gasteiger charge is 2.35. The lowest BCUT2D eigenvalue weighted by Gasteiger charge is -2.15. The molecule has 0 saturated heterocycles. The first-order valence-electron chi connectivity index (χ1n) is 8.20. The van der Waals surface area contributed by atoms with Crippen molar-refractivity contribution in [3.8, 4) is 5.69 Å². The number of nitrogens with zero attached hydrogens (tertiary/aromatic N) is 2. The highest BCUT2D eigenvalue weighted by atomic mass is 35.5. The van der Waals surface area contributed by atoms with Crippen molar-refractivity contribution in [3.63, 3.8) is 0 Å². The molecule has 1 aromatic carbocycles. The number of carbonyl (C=O) groups is 1. The van der Waals surface area contributed by atoms with Gasteiger partial charge in [-0.25, -0.2) is 13.8 Å². The van der Waals surface area contributed by atoms with E-state index in [0.29, 0.717) is 6.29 Å². The Morgan fingerprint density at radius 3 is 2.24 bits per heavy atom. The van der Waals surface area contributed by atoms with Crippen molar-refractivity contribution in [1.82, 2.24) is 9.13 Å². The van der Waals surface area contributed by atoms with Crippen LogP contribution in [-0.4, -0.2) is 15.4 Å². The summed E-state index contributed by atoms with van der Waals surface area (Å²) >= 11 is 6.77. The van der Waals surface area contributed by atoms with Crippen molar-refractivity contribution in [2.75, 3.05) is 0 Å². The SMILES string of the molecule is CC.CC=C(C=O)Sc1cc(-n2c(=O)cc(C(F)(F)F)n(C)c2=O)c(F)cc1Cl. The van der Waals surface area contributed by atoms with Gasteiger partial charge in [-0.1, -0.05) is 43.3 Å². The van der Waals surface area contributed by atoms with Crippen LogP contribution in [0.5, 0.6) is 0 Å². The van der Waals surface area contributed by atoms with Gasteiger partial charge < -0.3 is 0 Å². The van der Waals surface area contributed by atoms with Gasteiger partial charge in [0.25, 0.3) is 5.56 Å². The molecule has 2 rings (SSSR count). The van der Waals surface area contributed by atoms with Gasteiger partial charge in [-0.3, -0.25) is 14.2 Å². The summed E-state index contributed by atoms with van der Waals surface area (Å²) in [7, 11) is 0.814. The van der Waals surface area contributed by atoms with E-state index in [2.05, 4.69) is 0 Å². The molecule has 5 nitrogen and oxygen atoms in total. The number of allylic oxidation sites excluding steroid dienone is 2. The second-order valence-corrected chi connectivity index (χ2v) is 6.71. The zero-order valence-corrected chi connectivity index (χ0v) is 17.4. The Hall–Kier alpha value is -2.33. The minimum Gasteiger partial charge on any atom is -0.297 e. The fraction of sp³-hybridized carbons (Fsp3) is 0.278. The van der Waals surface area contributed by atoms with Gasteiger partial charge in [0, 0.05) is 22.9 Å². The molecule has 0 unspecified atom stereocenters. The van der Waals surface area contributed by atoms with Crippen molar-refractivity contribution in [2.45, 2.75) is 31.8 Å². The van der Waals surface area contributed by atoms with Crippen LogP contribution < -0.4 is 11.2 Å². The van der Waals surface area contributed by atoms with E-state index in [4.69, 9.17) is 11.6 Å². The molecular formula is C18H17ClF4N2O3S. The molecule has 1 aromatic heterocycles. The molecule has 0 saturated carbocycles. The Labute approximate surface area is 172 Å². The Bertz CT molecular complexity index is 1060. The van der Waals surface area contributed by atoms with Crippen LogP contribution in [0.25, 0.3) is 5.69 Å². The van der Waals surface area contributed by atoms with Gasteiger partial charge in [0.05, 0.1) is 10.7 Å². The third kappa shape index (κ3) is 5.39. The number of aldehydes is 1. The summed E-state index contributed by atoms with van der Waals surface area (Å²) < 4.78 is 53.6. The maximum Gasteiger partial charge on any atom is 0.431 e. The Kier molecular flexibility index (Phi) is 8.46. The summed E-state index contributed by atoms with van der Waals surface area (Å²) in [6.45, 7) is 5.57. The monoisotopic (exact) mass is 452 g/mol. The van der Waals surface area contributed by atoms with Crippen LogP contribution in [0.15, 0.2) is 43.7 Å². The van der Waals surface area contributed by atoms with E-state index in [0.717, 1.165) is 30.9 Å². The minimum absolute atomic E-state index is 0.0979. The lowest BCUT2D eigenvalue weighted by molar-refractivity contribution is -0.144. The second-order valence-electron chi connectivity index (χ2n) is 5.19. The normalized spacial score (nSPS) is 11.7. The van der Waals surface area contributed by atoms with Gasteiger partial charge in [0.1, 0.15) is 11.5 Å². The van der Waals surface area contributed by atoms with Gasteiger partial charge in [-0.2, -0.15) is 13.2 Å². The first-order valence-corrected chi connectivity index (χ1v) is 9.39. The predicted octanol–water partition coefficient (Wildman–Crippen LogP) is 4.57. The van der Waals surface area contributed by atoms with Crippen molar-refractivity contribution in [2.24, 2.45) is 7.05 Å². The van der Waals surface area contributed by atoms with Crippen LogP contribution in [0.3, 0.4) is 0 Å². The van der Waals surface area contributed by atoms with Crippen molar-refractivity contribution in [1.29, 1.82) is 0 Å². The number of aromatic nitrogens is 2. The van der Waals surface area contributed by atoms with Crippen LogP contribution in [0, 0.1) is 5.82 Å². The lowest BCUT2D eigenvalue weighted by Crippen LogP contribution is -2.41. The number of rotatable bonds is 4. The van der Waals surface area contributed by atoms with E-state index in [-0.39, 0.29) is 30.0 Å². The van der Waals surface area contributed by atoms with E-state index in [9.17, 15) is 31.9 Å². The average Bonchev–Trinajstić information content (AvgIpc) is 2.66. The Balaban J connectivity index is 0.00000204. The number of hydrogen-bond donors (Lipinski definition) is 0. The molecule has 29 heavy (non-hydrogen) atoms. The fourth-order valence-corrected chi connectivity index (χ4v) is 3.18. The van der Waals surface area contributed by atoms with E-state index in [1.54, 1.807) is 6.92 Å². The van der Waals surface area contributed by atoms with Crippen molar-refractivity contribution >= 4 is 29.6 Å². The van der Waals surface area contributed by atoms with Crippen LogP contribution in [0.1, 0.15) is 26.5 Å². The molecule has 11 heteroatoms. The maximum atomic E-state index is 14.3. The van der Waals surface area contributed by atoms with Crippen LogP contribution in [0.2, 0.25) is 5.02 Å². The van der Waals surface area contributed by atoms with Gasteiger partial charge in [0.2, 0.25) is 0 Å². The minimum atomic E-state index is -4.93. The molecule has 1 heterocycles. The van der Waals surface area contributed by atoms with Crippen LogP contribution in [-0.2, 0) is 18.0 Å². The quantitative estimate of drug-likeness (QED) is 0.295. The van der Waals surface area contributed by atoms with E-state index < -0.39 is 34.6 Å². The Morgan fingerprint density at radius 2 is 1.76 bits per heavy atom. The highest BCUT2D eigenvalue weighted by Crippen LogP contribution is 2.34. The summed E-state index contributed by atoms with van der Waals surface area (Å²) in [5, 5.41) is -0.0979. The topological polar surface area (TPSA) is 61.1 Å². The predicted molar refractivity (Wildman–Crippen MR) is 104 cm³/mol. The number of alkyl halides is 3. The first kappa shape index (κ1) is 24.7. The number of thioether (sulfide) groups is 1. The zero-order chi connectivity index (χ0) is 22.5. The van der Waals surface area contributed by atoms with Gasteiger partial charge in [-0.05, 0) is 19.1 Å². The third-order valence-corrected chi connectivity index (χ3v) is 5.03. The summed E-state index contributed by atoms with van der Waals surface area (Å²) in [4.78, 5) is 35.7. The molecule has 0 aliphatic rings. The molecule has 0 spiro atoms. The zero-order valence-electron chi connectivity index (χ0n) is 15.8. The smallest absolute Gasteiger partial charge is 0.297 e. The summed E-state index contributed by atoms with van der Waals surface area (Å²) in [5.74, 6) is -1.09. The summed E-state index contributed by atoms with van der Waals surface area (Å²) in [6.07, 6.45) is -2.95. The largest absolute Gasteiger partial charge is 0.431 e. The molecule has 0 bridgehead atoms. The molecule has 2 aromatic rings.